The molecule has 0 atom stereocenters. The quantitative estimate of drug-likeness (QED) is 0.669. The molecule has 10 heavy (non-hydrogen) atoms. The number of aromatic nitrogens is 2. The summed E-state index contributed by atoms with van der Waals surface area (Å²) in [5, 5.41) is 0.524. The first-order valence-corrected chi connectivity index (χ1v) is 3.74. The molecule has 0 aromatic carbocycles. The smallest absolute Gasteiger partial charge is 0.200 e. The zero-order valence-corrected chi connectivity index (χ0v) is 6.77. The molecular formula is C6H9N3S. The van der Waals surface area contributed by atoms with E-state index in [1.54, 1.807) is 0 Å². The van der Waals surface area contributed by atoms with Gasteiger partial charge in [0.15, 0.2) is 11.0 Å². The molecule has 0 spiro atoms. The van der Waals surface area contributed by atoms with E-state index in [9.17, 15) is 0 Å². The van der Waals surface area contributed by atoms with Crippen molar-refractivity contribution in [2.24, 2.45) is 0 Å². The molecule has 1 aromatic rings. The highest BCUT2D eigenvalue weighted by Crippen LogP contribution is 2.13. The molecule has 0 aliphatic carbocycles. The average molecular weight is 155 g/mol. The number of nitrogens with zero attached hydrogens (tertiary/aromatic N) is 2. The maximum absolute atomic E-state index is 5.39. The fourth-order valence-corrected chi connectivity index (χ4v) is 1.02. The van der Waals surface area contributed by atoms with Crippen LogP contribution in [0.15, 0.2) is 6.08 Å². The number of hydrogen-bond acceptors (Lipinski definition) is 4. The fraction of sp³-hybridized carbons (Fsp3) is 0.333. The topological polar surface area (TPSA) is 51.8 Å². The molecular weight excluding hydrogens is 146 g/mol. The summed E-state index contributed by atoms with van der Waals surface area (Å²) in [5.41, 5.74) is 6.45. The Hall–Kier alpha value is -0.900. The summed E-state index contributed by atoms with van der Waals surface area (Å²) in [5.74, 6) is 0.741. The second-order valence-corrected chi connectivity index (χ2v) is 2.71. The second kappa shape index (κ2) is 2.79. The van der Waals surface area contributed by atoms with E-state index < -0.39 is 0 Å². The van der Waals surface area contributed by atoms with Crippen LogP contribution in [0.3, 0.4) is 0 Å². The third-order valence-electron chi connectivity index (χ3n) is 1.23. The van der Waals surface area contributed by atoms with Crippen molar-refractivity contribution in [3.05, 3.63) is 11.9 Å². The Morgan fingerprint density at radius 2 is 2.40 bits per heavy atom. The van der Waals surface area contributed by atoms with Crippen molar-refractivity contribution >= 4 is 22.2 Å². The van der Waals surface area contributed by atoms with E-state index >= 15 is 0 Å². The first-order chi connectivity index (χ1) is 4.74. The summed E-state index contributed by atoms with van der Waals surface area (Å²) in [6.45, 7) is 3.91. The van der Waals surface area contributed by atoms with Crippen LogP contribution in [0.4, 0.5) is 5.13 Å². The van der Waals surface area contributed by atoms with E-state index in [1.165, 1.54) is 11.5 Å². The highest BCUT2D eigenvalue weighted by atomic mass is 32.1. The first-order valence-electron chi connectivity index (χ1n) is 2.96. The number of nitrogens with two attached hydrogens (primary N) is 1. The van der Waals surface area contributed by atoms with Crippen LogP contribution in [-0.2, 0) is 0 Å². The molecule has 54 valence electrons. The van der Waals surface area contributed by atoms with E-state index in [0.717, 1.165) is 11.4 Å². The van der Waals surface area contributed by atoms with Gasteiger partial charge in [-0.1, -0.05) is 6.08 Å². The molecule has 1 heterocycles. The van der Waals surface area contributed by atoms with Gasteiger partial charge in [-0.15, -0.1) is 0 Å². The summed E-state index contributed by atoms with van der Waals surface area (Å²) in [4.78, 5) is 4.00. The first kappa shape index (κ1) is 7.21. The van der Waals surface area contributed by atoms with E-state index in [-0.39, 0.29) is 0 Å². The van der Waals surface area contributed by atoms with Gasteiger partial charge >= 0.3 is 0 Å². The van der Waals surface area contributed by atoms with Crippen LogP contribution >= 0.6 is 11.5 Å². The minimum Gasteiger partial charge on any atom is -0.374 e. The van der Waals surface area contributed by atoms with Gasteiger partial charge in [-0.2, -0.15) is 9.36 Å². The lowest BCUT2D eigenvalue weighted by molar-refractivity contribution is 1.25. The minimum absolute atomic E-state index is 0.524. The maximum atomic E-state index is 5.39. The summed E-state index contributed by atoms with van der Waals surface area (Å²) in [6.07, 6.45) is 1.96. The number of anilines is 1. The lowest BCUT2D eigenvalue weighted by atomic mass is 10.3. The molecule has 0 aliphatic heterocycles. The van der Waals surface area contributed by atoms with Crippen LogP contribution in [0.1, 0.15) is 19.7 Å². The van der Waals surface area contributed by atoms with Crippen LogP contribution in [0, 0.1) is 0 Å². The normalized spacial score (nSPS) is 12.0. The number of allylic oxidation sites excluding steroid dienone is 2. The average Bonchev–Trinajstić information content (AvgIpc) is 2.34. The molecule has 3 nitrogen and oxygen atoms in total. The van der Waals surface area contributed by atoms with Gasteiger partial charge in [0.05, 0.1) is 0 Å². The van der Waals surface area contributed by atoms with E-state index in [4.69, 9.17) is 5.73 Å². The Bertz CT molecular complexity index is 251. The SMILES string of the molecule is C/C=C(\C)c1nsc(N)n1. The van der Waals surface area contributed by atoms with Crippen molar-refractivity contribution in [2.45, 2.75) is 13.8 Å². The van der Waals surface area contributed by atoms with Crippen LogP contribution in [-0.4, -0.2) is 9.36 Å². The van der Waals surface area contributed by atoms with Crippen LogP contribution in [0.2, 0.25) is 0 Å². The van der Waals surface area contributed by atoms with Crippen molar-refractivity contribution in [2.75, 3.05) is 5.73 Å². The zero-order chi connectivity index (χ0) is 7.56. The monoisotopic (exact) mass is 155 g/mol. The molecule has 0 unspecified atom stereocenters. The Labute approximate surface area is 63.8 Å². The van der Waals surface area contributed by atoms with Crippen LogP contribution in [0.5, 0.6) is 0 Å². The van der Waals surface area contributed by atoms with Crippen LogP contribution in [0.25, 0.3) is 5.57 Å². The standard InChI is InChI=1S/C6H9N3S/c1-3-4(2)5-8-6(7)10-9-5/h3H,1-2H3,(H2,7,8,9)/b4-3+. The number of hydrogen-bond donors (Lipinski definition) is 1. The van der Waals surface area contributed by atoms with Crippen molar-refractivity contribution < 1.29 is 0 Å². The molecule has 0 fully saturated rings. The van der Waals surface area contributed by atoms with Crippen LogP contribution < -0.4 is 5.73 Å². The Kier molecular flexibility index (Phi) is 2.01. The number of rotatable bonds is 1. The van der Waals surface area contributed by atoms with Crippen molar-refractivity contribution in [1.82, 2.24) is 9.36 Å². The zero-order valence-electron chi connectivity index (χ0n) is 5.96. The molecule has 0 saturated heterocycles. The lowest BCUT2D eigenvalue weighted by Crippen LogP contribution is -1.84. The van der Waals surface area contributed by atoms with Gasteiger partial charge in [-0.05, 0) is 19.4 Å². The Morgan fingerprint density at radius 1 is 1.70 bits per heavy atom. The van der Waals surface area contributed by atoms with Gasteiger partial charge in [-0.25, -0.2) is 0 Å². The molecule has 0 saturated carbocycles. The van der Waals surface area contributed by atoms with Gasteiger partial charge in [0, 0.05) is 11.5 Å². The predicted octanol–water partition coefficient (Wildman–Crippen LogP) is 1.54. The molecule has 2 N–H and O–H groups in total. The van der Waals surface area contributed by atoms with Gasteiger partial charge < -0.3 is 5.73 Å². The van der Waals surface area contributed by atoms with Gasteiger partial charge in [0.1, 0.15) is 0 Å². The molecule has 0 radical (unpaired) electrons. The van der Waals surface area contributed by atoms with Crippen molar-refractivity contribution in [1.29, 1.82) is 0 Å². The summed E-state index contributed by atoms with van der Waals surface area (Å²) in [6, 6.07) is 0. The Morgan fingerprint density at radius 3 is 2.80 bits per heavy atom. The van der Waals surface area contributed by atoms with Crippen molar-refractivity contribution in [3.63, 3.8) is 0 Å². The van der Waals surface area contributed by atoms with Gasteiger partial charge in [0.2, 0.25) is 0 Å². The predicted molar refractivity (Wildman–Crippen MR) is 43.6 cm³/mol. The fourth-order valence-electron chi connectivity index (χ4n) is 0.524. The van der Waals surface area contributed by atoms with Gasteiger partial charge in [-0.3, -0.25) is 0 Å². The largest absolute Gasteiger partial charge is 0.374 e. The third kappa shape index (κ3) is 1.33. The van der Waals surface area contributed by atoms with E-state index in [1.807, 2.05) is 19.9 Å². The van der Waals surface area contributed by atoms with Crippen molar-refractivity contribution in [3.8, 4) is 0 Å². The Balaban J connectivity index is 2.95. The molecule has 0 amide bonds. The van der Waals surface area contributed by atoms with E-state index in [2.05, 4.69) is 9.36 Å². The second-order valence-electron chi connectivity index (χ2n) is 1.93. The van der Waals surface area contributed by atoms with Gasteiger partial charge in [0.25, 0.3) is 0 Å². The van der Waals surface area contributed by atoms with E-state index in [0.29, 0.717) is 5.13 Å². The molecule has 0 aliphatic rings. The molecule has 1 aromatic heterocycles. The summed E-state index contributed by atoms with van der Waals surface area (Å²) in [7, 11) is 0. The summed E-state index contributed by atoms with van der Waals surface area (Å²) >= 11 is 1.22. The molecule has 4 heteroatoms. The lowest BCUT2D eigenvalue weighted by Gasteiger charge is -1.87. The number of nitrogen functional groups attached to an aromatic ring is 1. The maximum Gasteiger partial charge on any atom is 0.200 e. The minimum atomic E-state index is 0.524. The highest BCUT2D eigenvalue weighted by molar-refractivity contribution is 7.09. The molecule has 1 rings (SSSR count). The summed E-state index contributed by atoms with van der Waals surface area (Å²) < 4.78 is 4.02. The third-order valence-corrected chi connectivity index (χ3v) is 1.77. The highest BCUT2D eigenvalue weighted by Gasteiger charge is 2.00. The molecule has 0 bridgehead atoms.